The lowest BCUT2D eigenvalue weighted by Gasteiger charge is -1.97. The first-order valence-corrected chi connectivity index (χ1v) is 6.82. The smallest absolute Gasteiger partial charge is 0.217 e. The van der Waals surface area contributed by atoms with Crippen LogP contribution in [0.5, 0.6) is 0 Å². The molecule has 0 bridgehead atoms. The first-order chi connectivity index (χ1) is 7.89. The third-order valence-electron chi connectivity index (χ3n) is 1.94. The van der Waals surface area contributed by atoms with Gasteiger partial charge in [-0.15, -0.1) is 0 Å². The van der Waals surface area contributed by atoms with Gasteiger partial charge in [0.25, 0.3) is 0 Å². The van der Waals surface area contributed by atoms with Crippen molar-refractivity contribution in [1.29, 1.82) is 0 Å². The first-order valence-electron chi connectivity index (χ1n) is 4.93. The molecule has 1 aromatic carbocycles. The second-order valence-corrected chi connectivity index (χ2v) is 5.52. The molecule has 0 saturated heterocycles. The molecule has 1 N–H and O–H groups in total. The van der Waals surface area contributed by atoms with Gasteiger partial charge in [-0.25, -0.2) is 8.42 Å². The predicted octanol–water partition coefficient (Wildman–Crippen LogP) is 0.578. The summed E-state index contributed by atoms with van der Waals surface area (Å²) in [5, 5.41) is 2.54. The molecule has 0 saturated carbocycles. The van der Waals surface area contributed by atoms with Gasteiger partial charge < -0.3 is 5.32 Å². The Morgan fingerprint density at radius 2 is 1.88 bits per heavy atom. The molecule has 0 aliphatic heterocycles. The summed E-state index contributed by atoms with van der Waals surface area (Å²) in [6.45, 7) is 1.70. The molecule has 0 unspecified atom stereocenters. The summed E-state index contributed by atoms with van der Waals surface area (Å²) in [4.78, 5) is 10.8. The Kier molecular flexibility index (Phi) is 4.30. The van der Waals surface area contributed by atoms with Crippen molar-refractivity contribution >= 4 is 15.7 Å². The molecule has 0 spiro atoms. The van der Waals surface area contributed by atoms with Crippen LogP contribution < -0.4 is 5.32 Å². The fraction of sp³-hybridized carbons (Fsp3) is 0.250. The van der Waals surface area contributed by atoms with E-state index in [1.54, 1.807) is 12.1 Å². The maximum Gasteiger partial charge on any atom is 0.217 e. The minimum atomic E-state index is -3.16. The normalized spacial score (nSPS) is 10.2. The Balaban J connectivity index is 2.72. The highest BCUT2D eigenvalue weighted by Crippen LogP contribution is 2.09. The standard InChI is InChI=1S/C12H13NO3S/c1-10(14)13-9-3-4-11-5-7-12(8-6-11)17(2,15)16/h5-8H,9H2,1-2H3,(H,13,14). The number of benzene rings is 1. The number of amides is 1. The molecule has 1 rings (SSSR count). The van der Waals surface area contributed by atoms with Gasteiger partial charge in [-0.1, -0.05) is 11.8 Å². The number of carbonyl (C=O) groups is 1. The van der Waals surface area contributed by atoms with Gasteiger partial charge in [-0.05, 0) is 24.3 Å². The summed E-state index contributed by atoms with van der Waals surface area (Å²) in [5.41, 5.74) is 0.711. The summed E-state index contributed by atoms with van der Waals surface area (Å²) >= 11 is 0. The number of hydrogen-bond acceptors (Lipinski definition) is 3. The van der Waals surface area contributed by atoms with Gasteiger partial charge in [0.2, 0.25) is 5.91 Å². The quantitative estimate of drug-likeness (QED) is 0.782. The van der Waals surface area contributed by atoms with Crippen molar-refractivity contribution in [2.24, 2.45) is 0 Å². The molecule has 0 aromatic heterocycles. The molecule has 0 fully saturated rings. The van der Waals surface area contributed by atoms with E-state index in [1.807, 2.05) is 0 Å². The summed E-state index contributed by atoms with van der Waals surface area (Å²) in [7, 11) is -3.16. The molecule has 1 amide bonds. The first kappa shape index (κ1) is 13.3. The fourth-order valence-electron chi connectivity index (χ4n) is 1.10. The summed E-state index contributed by atoms with van der Waals surface area (Å²) in [6, 6.07) is 6.30. The van der Waals surface area contributed by atoms with Crippen LogP contribution in [-0.4, -0.2) is 27.1 Å². The van der Waals surface area contributed by atoms with Gasteiger partial charge in [0.15, 0.2) is 9.84 Å². The van der Waals surface area contributed by atoms with Crippen molar-refractivity contribution in [2.75, 3.05) is 12.8 Å². The van der Waals surface area contributed by atoms with E-state index < -0.39 is 9.84 Å². The van der Waals surface area contributed by atoms with Crippen molar-refractivity contribution in [3.05, 3.63) is 29.8 Å². The maximum atomic E-state index is 11.2. The number of nitrogens with one attached hydrogen (secondary N) is 1. The van der Waals surface area contributed by atoms with Gasteiger partial charge >= 0.3 is 0 Å². The molecule has 4 nitrogen and oxygen atoms in total. The van der Waals surface area contributed by atoms with Gasteiger partial charge in [0.05, 0.1) is 11.4 Å². The molecule has 0 aliphatic carbocycles. The largest absolute Gasteiger partial charge is 0.345 e. The van der Waals surface area contributed by atoms with Crippen LogP contribution in [0.25, 0.3) is 0 Å². The SMILES string of the molecule is CC(=O)NCC#Cc1ccc(S(C)(=O)=O)cc1. The molecule has 0 aliphatic rings. The molecule has 0 radical (unpaired) electrons. The maximum absolute atomic E-state index is 11.2. The highest BCUT2D eigenvalue weighted by Gasteiger charge is 2.04. The van der Waals surface area contributed by atoms with Crippen LogP contribution in [0.1, 0.15) is 12.5 Å². The van der Waals surface area contributed by atoms with Crippen LogP contribution in [0.15, 0.2) is 29.2 Å². The topological polar surface area (TPSA) is 63.2 Å². The van der Waals surface area contributed by atoms with E-state index in [0.717, 1.165) is 6.26 Å². The Hall–Kier alpha value is -1.80. The van der Waals surface area contributed by atoms with E-state index in [9.17, 15) is 13.2 Å². The fourth-order valence-corrected chi connectivity index (χ4v) is 1.73. The Morgan fingerprint density at radius 3 is 2.35 bits per heavy atom. The van der Waals surface area contributed by atoms with Crippen molar-refractivity contribution in [1.82, 2.24) is 5.32 Å². The average molecular weight is 251 g/mol. The molecule has 17 heavy (non-hydrogen) atoms. The third kappa shape index (κ3) is 4.70. The lowest BCUT2D eigenvalue weighted by Crippen LogP contribution is -2.19. The Bertz CT molecular complexity index is 562. The second-order valence-electron chi connectivity index (χ2n) is 3.51. The van der Waals surface area contributed by atoms with Crippen molar-refractivity contribution in [3.63, 3.8) is 0 Å². The van der Waals surface area contributed by atoms with Crippen molar-refractivity contribution in [3.8, 4) is 11.8 Å². The van der Waals surface area contributed by atoms with E-state index >= 15 is 0 Å². The van der Waals surface area contributed by atoms with Crippen LogP contribution >= 0.6 is 0 Å². The Labute approximate surface area is 101 Å². The Morgan fingerprint density at radius 1 is 1.29 bits per heavy atom. The highest BCUT2D eigenvalue weighted by atomic mass is 32.2. The van der Waals surface area contributed by atoms with Crippen molar-refractivity contribution < 1.29 is 13.2 Å². The van der Waals surface area contributed by atoms with Gasteiger partial charge in [0.1, 0.15) is 0 Å². The van der Waals surface area contributed by atoms with E-state index in [4.69, 9.17) is 0 Å². The van der Waals surface area contributed by atoms with Gasteiger partial charge in [-0.2, -0.15) is 0 Å². The number of hydrogen-bond donors (Lipinski definition) is 1. The van der Waals surface area contributed by atoms with E-state index in [0.29, 0.717) is 5.56 Å². The zero-order valence-corrected chi connectivity index (χ0v) is 10.5. The summed E-state index contributed by atoms with van der Waals surface area (Å²) in [5.74, 6) is 5.45. The van der Waals surface area contributed by atoms with Crippen LogP contribution in [0, 0.1) is 11.8 Å². The van der Waals surface area contributed by atoms with Gasteiger partial charge in [0, 0.05) is 18.7 Å². The molecular formula is C12H13NO3S. The number of sulfone groups is 1. The lowest BCUT2D eigenvalue weighted by molar-refractivity contribution is -0.118. The van der Waals surface area contributed by atoms with E-state index in [2.05, 4.69) is 17.2 Å². The van der Waals surface area contributed by atoms with Crippen LogP contribution in [0.2, 0.25) is 0 Å². The minimum Gasteiger partial charge on any atom is -0.345 e. The highest BCUT2D eigenvalue weighted by molar-refractivity contribution is 7.90. The number of rotatable bonds is 2. The molecule has 5 heteroatoms. The van der Waals surface area contributed by atoms with Gasteiger partial charge in [-0.3, -0.25) is 4.79 Å². The van der Waals surface area contributed by atoms with Crippen LogP contribution in [0.3, 0.4) is 0 Å². The summed E-state index contributed by atoms with van der Waals surface area (Å²) in [6.07, 6.45) is 1.16. The molecule has 0 heterocycles. The van der Waals surface area contributed by atoms with Crippen LogP contribution in [-0.2, 0) is 14.6 Å². The predicted molar refractivity (Wildman–Crippen MR) is 65.1 cm³/mol. The molecule has 90 valence electrons. The van der Waals surface area contributed by atoms with Crippen LogP contribution in [0.4, 0.5) is 0 Å². The lowest BCUT2D eigenvalue weighted by atomic mass is 10.2. The van der Waals surface area contributed by atoms with E-state index in [-0.39, 0.29) is 17.3 Å². The molecular weight excluding hydrogens is 238 g/mol. The second kappa shape index (κ2) is 5.51. The zero-order chi connectivity index (χ0) is 12.9. The van der Waals surface area contributed by atoms with Crippen molar-refractivity contribution in [2.45, 2.75) is 11.8 Å². The minimum absolute atomic E-state index is 0.133. The molecule has 1 aromatic rings. The third-order valence-corrected chi connectivity index (χ3v) is 3.07. The average Bonchev–Trinajstić information content (AvgIpc) is 2.23. The monoisotopic (exact) mass is 251 g/mol. The summed E-state index contributed by atoms with van der Waals surface area (Å²) < 4.78 is 22.4. The zero-order valence-electron chi connectivity index (χ0n) is 9.65. The van der Waals surface area contributed by atoms with E-state index in [1.165, 1.54) is 19.1 Å². The number of carbonyl (C=O) groups excluding carboxylic acids is 1. The molecule has 0 atom stereocenters.